The Morgan fingerprint density at radius 1 is 1.43 bits per heavy atom. The van der Waals surface area contributed by atoms with Crippen LogP contribution in [-0.2, 0) is 11.3 Å². The van der Waals surface area contributed by atoms with Crippen LogP contribution in [0.15, 0.2) is 35.4 Å². The van der Waals surface area contributed by atoms with Gasteiger partial charge in [0.15, 0.2) is 0 Å². The number of para-hydroxylation sites is 1. The third kappa shape index (κ3) is 3.59. The molecule has 0 radical (unpaired) electrons. The minimum atomic E-state index is -0.101. The van der Waals surface area contributed by atoms with Gasteiger partial charge in [-0.3, -0.25) is 14.2 Å². The summed E-state index contributed by atoms with van der Waals surface area (Å²) in [7, 11) is 0. The summed E-state index contributed by atoms with van der Waals surface area (Å²) in [6.07, 6.45) is 2.87. The minimum Gasteiger partial charge on any atom is -0.352 e. The van der Waals surface area contributed by atoms with E-state index in [-0.39, 0.29) is 23.9 Å². The predicted molar refractivity (Wildman–Crippen MR) is 89.2 cm³/mol. The molecule has 1 amide bonds. The number of carbonyl (C=O) groups is 1. The highest BCUT2D eigenvalue weighted by molar-refractivity contribution is 5.77. The lowest BCUT2D eigenvalue weighted by Gasteiger charge is -2.30. The van der Waals surface area contributed by atoms with Crippen molar-refractivity contribution in [2.24, 2.45) is 5.92 Å². The number of nitrogens with one attached hydrogen (secondary N) is 2. The molecule has 2 N–H and O–H groups in total. The molecule has 23 heavy (non-hydrogen) atoms. The van der Waals surface area contributed by atoms with E-state index in [4.69, 9.17) is 0 Å². The van der Waals surface area contributed by atoms with Crippen LogP contribution in [0, 0.1) is 5.92 Å². The van der Waals surface area contributed by atoms with Gasteiger partial charge in [0.25, 0.3) is 5.56 Å². The van der Waals surface area contributed by atoms with Crippen molar-refractivity contribution in [3.05, 3.63) is 40.9 Å². The molecule has 1 aliphatic heterocycles. The number of amides is 1. The fourth-order valence-electron chi connectivity index (χ4n) is 2.95. The van der Waals surface area contributed by atoms with Crippen LogP contribution >= 0.6 is 0 Å². The van der Waals surface area contributed by atoms with Gasteiger partial charge in [0.05, 0.1) is 17.2 Å². The minimum absolute atomic E-state index is 0.0226. The average Bonchev–Trinajstić information content (AvgIpc) is 2.57. The number of rotatable bonds is 4. The fraction of sp³-hybridized carbons (Fsp3) is 0.471. The van der Waals surface area contributed by atoms with Crippen molar-refractivity contribution >= 4 is 16.8 Å². The Labute approximate surface area is 134 Å². The van der Waals surface area contributed by atoms with Crippen molar-refractivity contribution in [2.75, 3.05) is 13.1 Å². The number of fused-ring (bicyclic) bond motifs is 1. The fourth-order valence-corrected chi connectivity index (χ4v) is 2.95. The summed E-state index contributed by atoms with van der Waals surface area (Å²) in [6.45, 7) is 4.32. The third-order valence-electron chi connectivity index (χ3n) is 4.49. The highest BCUT2D eigenvalue weighted by atomic mass is 16.2. The van der Waals surface area contributed by atoms with Gasteiger partial charge in [0.2, 0.25) is 5.91 Å². The van der Waals surface area contributed by atoms with E-state index in [0.29, 0.717) is 23.4 Å². The van der Waals surface area contributed by atoms with Crippen LogP contribution in [0.3, 0.4) is 0 Å². The third-order valence-corrected chi connectivity index (χ3v) is 4.49. The molecular weight excluding hydrogens is 292 g/mol. The number of piperidine rings is 1. The molecule has 6 heteroatoms. The van der Waals surface area contributed by atoms with E-state index in [0.717, 1.165) is 19.5 Å². The highest BCUT2D eigenvalue weighted by Crippen LogP contribution is 2.11. The van der Waals surface area contributed by atoms with E-state index in [1.807, 2.05) is 18.2 Å². The Bertz CT molecular complexity index is 756. The SMILES string of the molecule is CC1CCNCC1NC(=O)CCn1cnc2ccccc2c1=O. The number of hydrogen-bond acceptors (Lipinski definition) is 4. The van der Waals surface area contributed by atoms with Gasteiger partial charge < -0.3 is 10.6 Å². The molecule has 1 fully saturated rings. The van der Waals surface area contributed by atoms with Gasteiger partial charge >= 0.3 is 0 Å². The van der Waals surface area contributed by atoms with Crippen molar-refractivity contribution in [1.82, 2.24) is 20.2 Å². The lowest BCUT2D eigenvalue weighted by Crippen LogP contribution is -2.50. The van der Waals surface area contributed by atoms with E-state index in [9.17, 15) is 9.59 Å². The molecule has 2 heterocycles. The predicted octanol–water partition coefficient (Wildman–Crippen LogP) is 0.901. The molecule has 0 saturated carbocycles. The average molecular weight is 314 g/mol. The van der Waals surface area contributed by atoms with Gasteiger partial charge in [-0.05, 0) is 31.0 Å². The summed E-state index contributed by atoms with van der Waals surface area (Å²) in [4.78, 5) is 28.8. The number of carbonyl (C=O) groups excluding carboxylic acids is 1. The van der Waals surface area contributed by atoms with E-state index < -0.39 is 0 Å². The Hall–Kier alpha value is -2.21. The molecule has 122 valence electrons. The Morgan fingerprint density at radius 2 is 2.26 bits per heavy atom. The summed E-state index contributed by atoms with van der Waals surface area (Å²) in [5, 5.41) is 6.94. The number of nitrogens with zero attached hydrogens (tertiary/aromatic N) is 2. The van der Waals surface area contributed by atoms with Gasteiger partial charge in [-0.1, -0.05) is 19.1 Å². The lowest BCUT2D eigenvalue weighted by atomic mass is 9.95. The van der Waals surface area contributed by atoms with E-state index in [1.165, 1.54) is 10.9 Å². The molecule has 1 aromatic heterocycles. The molecule has 0 bridgehead atoms. The molecular formula is C17H22N4O2. The second kappa shape index (κ2) is 6.91. The molecule has 2 atom stereocenters. The van der Waals surface area contributed by atoms with Crippen molar-refractivity contribution in [1.29, 1.82) is 0 Å². The van der Waals surface area contributed by atoms with Crippen molar-refractivity contribution in [3.63, 3.8) is 0 Å². The summed E-state index contributed by atoms with van der Waals surface area (Å²) in [5.74, 6) is 0.455. The standard InChI is InChI=1S/C17H22N4O2/c1-12-6-8-18-10-15(12)20-16(22)7-9-21-11-19-14-5-3-2-4-13(14)17(21)23/h2-5,11-12,15,18H,6-10H2,1H3,(H,20,22). The summed E-state index contributed by atoms with van der Waals surface area (Å²) in [6, 6.07) is 7.41. The molecule has 1 aromatic carbocycles. The van der Waals surface area contributed by atoms with Crippen molar-refractivity contribution in [2.45, 2.75) is 32.4 Å². The molecule has 1 saturated heterocycles. The van der Waals surface area contributed by atoms with Gasteiger partial charge in [-0.25, -0.2) is 4.98 Å². The zero-order valence-electron chi connectivity index (χ0n) is 13.3. The quantitative estimate of drug-likeness (QED) is 0.879. The number of aryl methyl sites for hydroxylation is 1. The first-order valence-corrected chi connectivity index (χ1v) is 8.09. The normalized spacial score (nSPS) is 21.3. The molecule has 3 rings (SSSR count). The maximum atomic E-state index is 12.4. The molecule has 1 aliphatic rings. The largest absolute Gasteiger partial charge is 0.352 e. The van der Waals surface area contributed by atoms with Gasteiger partial charge in [0.1, 0.15) is 0 Å². The maximum Gasteiger partial charge on any atom is 0.261 e. The van der Waals surface area contributed by atoms with Crippen LogP contribution in [0.1, 0.15) is 19.8 Å². The van der Waals surface area contributed by atoms with Crippen molar-refractivity contribution in [3.8, 4) is 0 Å². The molecule has 2 aromatic rings. The second-order valence-corrected chi connectivity index (χ2v) is 6.15. The number of aromatic nitrogens is 2. The van der Waals surface area contributed by atoms with E-state index in [2.05, 4.69) is 22.5 Å². The van der Waals surface area contributed by atoms with Gasteiger partial charge in [0, 0.05) is 25.6 Å². The summed E-state index contributed by atoms with van der Waals surface area (Å²) < 4.78 is 1.50. The van der Waals surface area contributed by atoms with E-state index in [1.54, 1.807) is 6.07 Å². The number of hydrogen-bond donors (Lipinski definition) is 2. The van der Waals surface area contributed by atoms with Gasteiger partial charge in [-0.15, -0.1) is 0 Å². The topological polar surface area (TPSA) is 76.0 Å². The van der Waals surface area contributed by atoms with E-state index >= 15 is 0 Å². The van der Waals surface area contributed by atoms with Crippen LogP contribution in [0.4, 0.5) is 0 Å². The maximum absolute atomic E-state index is 12.4. The van der Waals surface area contributed by atoms with Crippen molar-refractivity contribution < 1.29 is 4.79 Å². The molecule has 6 nitrogen and oxygen atoms in total. The second-order valence-electron chi connectivity index (χ2n) is 6.15. The van der Waals surface area contributed by atoms with Crippen LogP contribution < -0.4 is 16.2 Å². The Balaban J connectivity index is 1.63. The molecule has 2 unspecified atom stereocenters. The van der Waals surface area contributed by atoms with Crippen LogP contribution in [0.2, 0.25) is 0 Å². The molecule has 0 aliphatic carbocycles. The number of benzene rings is 1. The highest BCUT2D eigenvalue weighted by Gasteiger charge is 2.22. The van der Waals surface area contributed by atoms with Crippen LogP contribution in [-0.4, -0.2) is 34.6 Å². The van der Waals surface area contributed by atoms with Gasteiger partial charge in [-0.2, -0.15) is 0 Å². The lowest BCUT2D eigenvalue weighted by molar-refractivity contribution is -0.122. The summed E-state index contributed by atoms with van der Waals surface area (Å²) >= 11 is 0. The first-order valence-electron chi connectivity index (χ1n) is 8.09. The zero-order valence-corrected chi connectivity index (χ0v) is 13.3. The Morgan fingerprint density at radius 3 is 3.09 bits per heavy atom. The first-order chi connectivity index (χ1) is 11.1. The van der Waals surface area contributed by atoms with Crippen LogP contribution in [0.5, 0.6) is 0 Å². The monoisotopic (exact) mass is 314 g/mol. The first kappa shape index (κ1) is 15.7. The Kier molecular flexibility index (Phi) is 4.71. The summed E-state index contributed by atoms with van der Waals surface area (Å²) in [5.41, 5.74) is 0.580. The molecule has 0 spiro atoms. The van der Waals surface area contributed by atoms with Crippen LogP contribution in [0.25, 0.3) is 10.9 Å². The smallest absolute Gasteiger partial charge is 0.261 e. The zero-order chi connectivity index (χ0) is 16.2.